The molecule has 0 heterocycles. The van der Waals surface area contributed by atoms with Gasteiger partial charge in [-0.3, -0.25) is 9.59 Å². The van der Waals surface area contributed by atoms with E-state index >= 15 is 0 Å². The molecule has 0 radical (unpaired) electrons. The third-order valence-corrected chi connectivity index (χ3v) is 5.05. The molecule has 2 aliphatic carbocycles. The van der Waals surface area contributed by atoms with Crippen LogP contribution < -0.4 is 5.73 Å². The number of amides is 1. The van der Waals surface area contributed by atoms with Gasteiger partial charge in [-0.25, -0.2) is 0 Å². The minimum absolute atomic E-state index is 0. The smallest absolute Gasteiger partial charge is 0.217 e. The molecule has 3 N–H and O–H groups in total. The lowest BCUT2D eigenvalue weighted by Gasteiger charge is -2.21. The quantitative estimate of drug-likeness (QED) is 0.566. The van der Waals surface area contributed by atoms with Crippen LogP contribution in [-0.2, 0) is 14.3 Å². The van der Waals surface area contributed by atoms with Gasteiger partial charge in [0, 0.05) is 33.4 Å². The monoisotopic (exact) mass is 403 g/mol. The molecule has 0 aromatic heterocycles. The summed E-state index contributed by atoms with van der Waals surface area (Å²) in [5.41, 5.74) is 5.02. The van der Waals surface area contributed by atoms with Crippen molar-refractivity contribution >= 4 is 11.7 Å². The molecule has 0 bridgehead atoms. The molecule has 2 fully saturated rings. The van der Waals surface area contributed by atoms with Gasteiger partial charge in [0.2, 0.25) is 5.91 Å². The number of nitrogens with two attached hydrogens (primary N) is 1. The average Bonchev–Trinajstić information content (AvgIpc) is 2.75. The van der Waals surface area contributed by atoms with E-state index in [4.69, 9.17) is 15.6 Å². The minimum Gasteiger partial charge on any atom is -0.400 e. The summed E-state index contributed by atoms with van der Waals surface area (Å²) in [7, 11) is 1.00. The van der Waals surface area contributed by atoms with Crippen LogP contribution in [0.25, 0.3) is 0 Å². The molecule has 0 aromatic carbocycles. The van der Waals surface area contributed by atoms with E-state index in [1.165, 1.54) is 51.4 Å². The highest BCUT2D eigenvalue weighted by Crippen LogP contribution is 2.26. The van der Waals surface area contributed by atoms with E-state index in [1.807, 2.05) is 27.7 Å². The molecule has 0 aliphatic heterocycles. The van der Waals surface area contributed by atoms with Crippen molar-refractivity contribution in [3.05, 3.63) is 0 Å². The van der Waals surface area contributed by atoms with Gasteiger partial charge in [0.25, 0.3) is 0 Å². The van der Waals surface area contributed by atoms with Gasteiger partial charge >= 0.3 is 0 Å². The van der Waals surface area contributed by atoms with Crippen LogP contribution in [0.1, 0.15) is 106 Å². The van der Waals surface area contributed by atoms with Gasteiger partial charge in [0.1, 0.15) is 5.78 Å². The summed E-state index contributed by atoms with van der Waals surface area (Å²) in [6.45, 7) is 8.71. The van der Waals surface area contributed by atoms with Crippen LogP contribution in [-0.4, -0.2) is 36.6 Å². The van der Waals surface area contributed by atoms with E-state index in [1.54, 1.807) is 0 Å². The fraction of sp³-hybridized carbons (Fsp3) is 0.913. The Morgan fingerprint density at radius 2 is 1.43 bits per heavy atom. The molecule has 0 unspecified atom stereocenters. The Kier molecular flexibility index (Phi) is 21.7. The molecular formula is C23H49NO4. The number of primary amides is 1. The van der Waals surface area contributed by atoms with Crippen molar-refractivity contribution in [1.29, 1.82) is 0 Å². The van der Waals surface area contributed by atoms with Crippen molar-refractivity contribution in [2.24, 2.45) is 17.6 Å². The molecule has 0 aromatic rings. The minimum atomic E-state index is -0.229. The first-order chi connectivity index (χ1) is 13.5. The van der Waals surface area contributed by atoms with Crippen molar-refractivity contribution in [2.75, 3.05) is 13.7 Å². The number of Topliss-reactive ketones (excluding diaryl/α,β-unsaturated/α-hetero) is 1. The van der Waals surface area contributed by atoms with Crippen LogP contribution in [0.5, 0.6) is 0 Å². The van der Waals surface area contributed by atoms with E-state index in [0.29, 0.717) is 30.8 Å². The number of aliphatic hydroxyl groups excluding tert-OH is 1. The molecule has 2 saturated carbocycles. The van der Waals surface area contributed by atoms with Gasteiger partial charge in [0.15, 0.2) is 0 Å². The topological polar surface area (TPSA) is 89.6 Å². The van der Waals surface area contributed by atoms with E-state index in [-0.39, 0.29) is 13.3 Å². The SMILES string of the molecule is CC.CC(C)C(=O)C1CCCCC1.CO.NC(=O)CCCOC1CCCCC1.[HH]. The maximum atomic E-state index is 11.5. The highest BCUT2D eigenvalue weighted by Gasteiger charge is 2.22. The summed E-state index contributed by atoms with van der Waals surface area (Å²) in [6.07, 6.45) is 14.2. The van der Waals surface area contributed by atoms with E-state index in [9.17, 15) is 9.59 Å². The summed E-state index contributed by atoms with van der Waals surface area (Å²) in [4.78, 5) is 21.9. The van der Waals surface area contributed by atoms with Gasteiger partial charge in [-0.05, 0) is 32.1 Å². The molecule has 0 spiro atoms. The van der Waals surface area contributed by atoms with Crippen molar-refractivity contribution in [3.8, 4) is 0 Å². The second-order valence-corrected chi connectivity index (χ2v) is 7.59. The molecule has 1 amide bonds. The van der Waals surface area contributed by atoms with Gasteiger partial charge in [-0.15, -0.1) is 0 Å². The average molecular weight is 404 g/mol. The largest absolute Gasteiger partial charge is 0.400 e. The molecule has 2 rings (SSSR count). The van der Waals surface area contributed by atoms with Crippen LogP contribution in [0.3, 0.4) is 0 Å². The van der Waals surface area contributed by atoms with Crippen molar-refractivity contribution in [3.63, 3.8) is 0 Å². The number of carbonyl (C=O) groups is 2. The number of carbonyl (C=O) groups excluding carboxylic acids is 2. The predicted molar refractivity (Wildman–Crippen MR) is 119 cm³/mol. The third kappa shape index (κ3) is 16.1. The standard InChI is InChI=1S/C10H19NO2.C10H18O.C2H6.CH4O.H2/c11-10(12)7-4-8-13-9-5-2-1-3-6-9;1-8(2)10(11)9-6-4-3-5-7-9;2*1-2;/h9H,1-8H2,(H2,11,12);8-9H,3-7H2,1-2H3;1-2H3;2H,1H3;1H. The summed E-state index contributed by atoms with van der Waals surface area (Å²) in [5, 5.41) is 7.00. The number of ketones is 1. The summed E-state index contributed by atoms with van der Waals surface area (Å²) in [5.74, 6) is 0.916. The number of hydrogen-bond acceptors (Lipinski definition) is 4. The zero-order valence-electron chi connectivity index (χ0n) is 19.2. The Labute approximate surface area is 175 Å². The second-order valence-electron chi connectivity index (χ2n) is 7.59. The van der Waals surface area contributed by atoms with Crippen molar-refractivity contribution in [2.45, 2.75) is 111 Å². The Hall–Kier alpha value is -0.940. The van der Waals surface area contributed by atoms with Crippen LogP contribution >= 0.6 is 0 Å². The first kappa shape index (κ1) is 29.3. The Morgan fingerprint density at radius 1 is 0.964 bits per heavy atom. The number of ether oxygens (including phenoxy) is 1. The Morgan fingerprint density at radius 3 is 1.86 bits per heavy atom. The fourth-order valence-corrected chi connectivity index (χ4v) is 3.59. The molecule has 2 aliphatic rings. The maximum absolute atomic E-state index is 11.5. The van der Waals surface area contributed by atoms with E-state index < -0.39 is 0 Å². The molecule has 5 nitrogen and oxygen atoms in total. The zero-order valence-corrected chi connectivity index (χ0v) is 19.2. The molecule has 0 atom stereocenters. The van der Waals surface area contributed by atoms with Crippen LogP contribution in [0.4, 0.5) is 0 Å². The van der Waals surface area contributed by atoms with Crippen LogP contribution in [0.15, 0.2) is 0 Å². The molecule has 5 heteroatoms. The lowest BCUT2D eigenvalue weighted by atomic mass is 9.83. The number of rotatable bonds is 7. The Balaban J connectivity index is -0.000000389. The van der Waals surface area contributed by atoms with E-state index in [0.717, 1.165) is 26.4 Å². The maximum Gasteiger partial charge on any atom is 0.217 e. The zero-order chi connectivity index (χ0) is 21.8. The normalized spacial score (nSPS) is 17.2. The second kappa shape index (κ2) is 20.8. The van der Waals surface area contributed by atoms with Gasteiger partial charge in [-0.2, -0.15) is 0 Å². The fourth-order valence-electron chi connectivity index (χ4n) is 3.59. The molecule has 170 valence electrons. The molecule has 0 saturated heterocycles. The lowest BCUT2D eigenvalue weighted by Crippen LogP contribution is -2.21. The lowest BCUT2D eigenvalue weighted by molar-refractivity contribution is -0.126. The molecule has 28 heavy (non-hydrogen) atoms. The first-order valence-electron chi connectivity index (χ1n) is 11.4. The third-order valence-electron chi connectivity index (χ3n) is 5.05. The summed E-state index contributed by atoms with van der Waals surface area (Å²) in [6, 6.07) is 0. The number of hydrogen-bond donors (Lipinski definition) is 2. The summed E-state index contributed by atoms with van der Waals surface area (Å²) >= 11 is 0. The summed E-state index contributed by atoms with van der Waals surface area (Å²) < 4.78 is 5.63. The first-order valence-corrected chi connectivity index (χ1v) is 11.4. The van der Waals surface area contributed by atoms with Crippen LogP contribution in [0, 0.1) is 11.8 Å². The highest BCUT2D eigenvalue weighted by atomic mass is 16.5. The number of aliphatic hydroxyl groups is 1. The van der Waals surface area contributed by atoms with Gasteiger partial charge < -0.3 is 15.6 Å². The predicted octanol–water partition coefficient (Wildman–Crippen LogP) is 5.27. The van der Waals surface area contributed by atoms with Crippen molar-refractivity contribution in [1.82, 2.24) is 0 Å². The molecular weight excluding hydrogens is 354 g/mol. The van der Waals surface area contributed by atoms with Crippen LogP contribution in [0.2, 0.25) is 0 Å². The van der Waals surface area contributed by atoms with Gasteiger partial charge in [-0.1, -0.05) is 66.2 Å². The highest BCUT2D eigenvalue weighted by molar-refractivity contribution is 5.82. The van der Waals surface area contributed by atoms with E-state index in [2.05, 4.69) is 0 Å². The van der Waals surface area contributed by atoms with Crippen molar-refractivity contribution < 1.29 is 20.9 Å². The Bertz CT molecular complexity index is 366. The van der Waals surface area contributed by atoms with Gasteiger partial charge in [0.05, 0.1) is 6.10 Å².